The summed E-state index contributed by atoms with van der Waals surface area (Å²) in [4.78, 5) is 12.0. The van der Waals surface area contributed by atoms with Gasteiger partial charge in [-0.1, -0.05) is 19.3 Å². The Morgan fingerprint density at radius 2 is 1.86 bits per heavy atom. The highest BCUT2D eigenvalue weighted by atomic mass is 16.6. The van der Waals surface area contributed by atoms with Crippen molar-refractivity contribution in [3.63, 3.8) is 0 Å². The molecule has 1 saturated carbocycles. The Labute approximate surface area is 134 Å². The minimum absolute atomic E-state index is 0.0256. The number of alkyl carbamates (subject to hydrolysis) is 1. The highest BCUT2D eigenvalue weighted by Gasteiger charge is 2.35. The van der Waals surface area contributed by atoms with Gasteiger partial charge in [0.15, 0.2) is 0 Å². The molecule has 1 amide bonds. The summed E-state index contributed by atoms with van der Waals surface area (Å²) in [5, 5.41) is 6.79. The second kappa shape index (κ2) is 7.18. The van der Waals surface area contributed by atoms with Crippen molar-refractivity contribution in [1.29, 1.82) is 0 Å². The van der Waals surface area contributed by atoms with Crippen LogP contribution >= 0.6 is 0 Å². The van der Waals surface area contributed by atoms with Crippen molar-refractivity contribution < 1.29 is 14.3 Å². The van der Waals surface area contributed by atoms with Crippen molar-refractivity contribution >= 4 is 6.09 Å². The van der Waals surface area contributed by atoms with Crippen LogP contribution in [-0.2, 0) is 9.47 Å². The summed E-state index contributed by atoms with van der Waals surface area (Å²) in [6, 6.07) is 0.228. The summed E-state index contributed by atoms with van der Waals surface area (Å²) in [5.41, 5.74) is -0.286. The molecule has 0 spiro atoms. The minimum Gasteiger partial charge on any atom is -0.444 e. The number of amides is 1. The molecule has 2 atom stereocenters. The fraction of sp³-hybridized carbons (Fsp3) is 0.941. The zero-order valence-corrected chi connectivity index (χ0v) is 14.5. The van der Waals surface area contributed by atoms with Gasteiger partial charge in [-0.05, 0) is 47.0 Å². The van der Waals surface area contributed by atoms with E-state index in [1.807, 2.05) is 20.8 Å². The Hall–Kier alpha value is -0.810. The Balaban J connectivity index is 1.91. The summed E-state index contributed by atoms with van der Waals surface area (Å²) >= 11 is 0. The maximum absolute atomic E-state index is 12.0. The van der Waals surface area contributed by atoms with Crippen molar-refractivity contribution in [2.45, 2.75) is 89.4 Å². The zero-order valence-electron chi connectivity index (χ0n) is 14.5. The van der Waals surface area contributed by atoms with Crippen LogP contribution in [0, 0.1) is 0 Å². The van der Waals surface area contributed by atoms with E-state index in [1.165, 1.54) is 32.1 Å². The van der Waals surface area contributed by atoms with Gasteiger partial charge in [0.2, 0.25) is 0 Å². The summed E-state index contributed by atoms with van der Waals surface area (Å²) < 4.78 is 10.9. The molecule has 0 aromatic rings. The molecule has 2 fully saturated rings. The Kier molecular flexibility index (Phi) is 5.72. The lowest BCUT2D eigenvalue weighted by Gasteiger charge is -2.42. The molecule has 1 aliphatic carbocycles. The molecule has 2 unspecified atom stereocenters. The molecule has 0 aromatic heterocycles. The van der Waals surface area contributed by atoms with Crippen LogP contribution in [0.3, 0.4) is 0 Å². The monoisotopic (exact) mass is 312 g/mol. The molecule has 5 heteroatoms. The summed E-state index contributed by atoms with van der Waals surface area (Å²) in [6.45, 7) is 9.24. The highest BCUT2D eigenvalue weighted by molar-refractivity contribution is 5.68. The Bertz CT molecular complexity index is 373. The number of hydrogen-bond donors (Lipinski definition) is 2. The predicted molar refractivity (Wildman–Crippen MR) is 87.0 cm³/mol. The van der Waals surface area contributed by atoms with E-state index < -0.39 is 5.60 Å². The van der Waals surface area contributed by atoms with Crippen molar-refractivity contribution in [3.8, 4) is 0 Å². The van der Waals surface area contributed by atoms with Crippen molar-refractivity contribution in [3.05, 3.63) is 0 Å². The molecule has 1 aliphatic heterocycles. The second-order valence-corrected chi connectivity index (χ2v) is 7.99. The van der Waals surface area contributed by atoms with Gasteiger partial charge in [0.05, 0.1) is 12.6 Å². The van der Waals surface area contributed by atoms with E-state index in [2.05, 4.69) is 17.6 Å². The lowest BCUT2D eigenvalue weighted by molar-refractivity contribution is 0.0188. The minimum atomic E-state index is -0.474. The molecule has 1 heterocycles. The van der Waals surface area contributed by atoms with E-state index in [4.69, 9.17) is 9.47 Å². The predicted octanol–water partition coefficient (Wildman–Crippen LogP) is 2.98. The third-order valence-electron chi connectivity index (χ3n) is 4.55. The van der Waals surface area contributed by atoms with Crippen LogP contribution in [0.4, 0.5) is 4.79 Å². The molecule has 2 N–H and O–H groups in total. The topological polar surface area (TPSA) is 59.6 Å². The summed E-state index contributed by atoms with van der Waals surface area (Å²) in [7, 11) is 0. The molecule has 2 rings (SSSR count). The quantitative estimate of drug-likeness (QED) is 0.841. The lowest BCUT2D eigenvalue weighted by Crippen LogP contribution is -2.61. The molecular formula is C17H32N2O3. The van der Waals surface area contributed by atoms with E-state index in [-0.39, 0.29) is 23.7 Å². The number of nitrogens with one attached hydrogen (secondary N) is 2. The smallest absolute Gasteiger partial charge is 0.408 e. The van der Waals surface area contributed by atoms with Crippen LogP contribution in [0.5, 0.6) is 0 Å². The van der Waals surface area contributed by atoms with Gasteiger partial charge < -0.3 is 20.1 Å². The molecule has 22 heavy (non-hydrogen) atoms. The normalized spacial score (nSPS) is 28.9. The van der Waals surface area contributed by atoms with Gasteiger partial charge in [0.1, 0.15) is 5.60 Å². The van der Waals surface area contributed by atoms with Crippen LogP contribution < -0.4 is 10.6 Å². The molecule has 5 nitrogen and oxygen atoms in total. The number of carbonyl (C=O) groups is 1. The van der Waals surface area contributed by atoms with Crippen LogP contribution in [-0.4, -0.2) is 42.5 Å². The van der Waals surface area contributed by atoms with Gasteiger partial charge in [-0.25, -0.2) is 4.79 Å². The highest BCUT2D eigenvalue weighted by Crippen LogP contribution is 2.29. The first-order valence-electron chi connectivity index (χ1n) is 8.62. The van der Waals surface area contributed by atoms with Gasteiger partial charge in [-0.3, -0.25) is 0 Å². The first-order chi connectivity index (χ1) is 10.3. The molecule has 1 saturated heterocycles. The van der Waals surface area contributed by atoms with E-state index >= 15 is 0 Å². The Morgan fingerprint density at radius 3 is 2.50 bits per heavy atom. The van der Waals surface area contributed by atoms with Gasteiger partial charge in [-0.15, -0.1) is 0 Å². The van der Waals surface area contributed by atoms with Gasteiger partial charge >= 0.3 is 6.09 Å². The summed E-state index contributed by atoms with van der Waals surface area (Å²) in [5.74, 6) is 0. The third-order valence-corrected chi connectivity index (χ3v) is 4.55. The number of rotatable bonds is 3. The largest absolute Gasteiger partial charge is 0.444 e. The first-order valence-corrected chi connectivity index (χ1v) is 8.62. The number of carbonyl (C=O) groups excluding carboxylic acids is 1. The maximum Gasteiger partial charge on any atom is 0.408 e. The fourth-order valence-electron chi connectivity index (χ4n) is 3.44. The van der Waals surface area contributed by atoms with E-state index in [9.17, 15) is 4.79 Å². The van der Waals surface area contributed by atoms with Gasteiger partial charge in [-0.2, -0.15) is 0 Å². The maximum atomic E-state index is 12.0. The van der Waals surface area contributed by atoms with E-state index in [1.54, 1.807) is 0 Å². The third kappa shape index (κ3) is 5.43. The van der Waals surface area contributed by atoms with E-state index in [0.717, 1.165) is 13.0 Å². The van der Waals surface area contributed by atoms with Gasteiger partial charge in [0.25, 0.3) is 0 Å². The van der Waals surface area contributed by atoms with Crippen LogP contribution in [0.2, 0.25) is 0 Å². The molecule has 0 bridgehead atoms. The SMILES string of the molecule is CC1(NC2CCOCC2NC(=O)OC(C)(C)C)CCCCC1. The summed E-state index contributed by atoms with van der Waals surface area (Å²) in [6.07, 6.45) is 6.91. The van der Waals surface area contributed by atoms with Crippen molar-refractivity contribution in [1.82, 2.24) is 10.6 Å². The average Bonchev–Trinajstić information content (AvgIpc) is 2.39. The van der Waals surface area contributed by atoms with Crippen molar-refractivity contribution in [2.24, 2.45) is 0 Å². The standard InChI is InChI=1S/C17H32N2O3/c1-16(2,3)22-15(20)18-14-12-21-11-8-13(14)19-17(4)9-6-5-7-10-17/h13-14,19H,5-12H2,1-4H3,(H,18,20). The number of hydrogen-bond acceptors (Lipinski definition) is 4. The van der Waals surface area contributed by atoms with Crippen molar-refractivity contribution in [2.75, 3.05) is 13.2 Å². The Morgan fingerprint density at radius 1 is 1.18 bits per heavy atom. The molecular weight excluding hydrogens is 280 g/mol. The molecule has 0 radical (unpaired) electrons. The zero-order chi connectivity index (χ0) is 16.2. The average molecular weight is 312 g/mol. The number of ether oxygens (including phenoxy) is 2. The van der Waals surface area contributed by atoms with Gasteiger partial charge in [0, 0.05) is 18.2 Å². The molecule has 2 aliphatic rings. The molecule has 0 aromatic carbocycles. The molecule has 128 valence electrons. The van der Waals surface area contributed by atoms with Crippen LogP contribution in [0.15, 0.2) is 0 Å². The van der Waals surface area contributed by atoms with Crippen LogP contribution in [0.1, 0.15) is 66.2 Å². The lowest BCUT2D eigenvalue weighted by atomic mass is 9.82. The van der Waals surface area contributed by atoms with Crippen LogP contribution in [0.25, 0.3) is 0 Å². The van der Waals surface area contributed by atoms with E-state index in [0.29, 0.717) is 6.61 Å². The second-order valence-electron chi connectivity index (χ2n) is 7.99. The first kappa shape index (κ1) is 17.5. The fourth-order valence-corrected chi connectivity index (χ4v) is 3.44.